The largest absolute Gasteiger partial charge is 0.484 e. The first-order valence-corrected chi connectivity index (χ1v) is 9.65. The number of hydrogen-bond acceptors (Lipinski definition) is 6. The van der Waals surface area contributed by atoms with Crippen LogP contribution < -0.4 is 9.64 Å². The molecule has 1 saturated heterocycles. The van der Waals surface area contributed by atoms with Gasteiger partial charge in [0.05, 0.1) is 5.69 Å². The normalized spacial score (nSPS) is 14.1. The molecule has 0 N–H and O–H groups in total. The number of carbonyl (C=O) groups excluding carboxylic acids is 1. The van der Waals surface area contributed by atoms with E-state index in [1.54, 1.807) is 11.0 Å². The van der Waals surface area contributed by atoms with Crippen molar-refractivity contribution in [1.82, 2.24) is 24.6 Å². The quantitative estimate of drug-likeness (QED) is 0.661. The van der Waals surface area contributed by atoms with Crippen LogP contribution in [0.2, 0.25) is 0 Å². The van der Waals surface area contributed by atoms with Crippen LogP contribution in [0.15, 0.2) is 48.9 Å². The summed E-state index contributed by atoms with van der Waals surface area (Å²) in [7, 11) is 0. The van der Waals surface area contributed by atoms with E-state index in [2.05, 4.69) is 20.0 Å². The van der Waals surface area contributed by atoms with Gasteiger partial charge in [0.1, 0.15) is 17.9 Å². The lowest BCUT2D eigenvalue weighted by atomic mass is 10.2. The molecule has 8 nitrogen and oxygen atoms in total. The number of aromatic nitrogens is 4. The number of amides is 1. The van der Waals surface area contributed by atoms with E-state index in [9.17, 15) is 4.79 Å². The van der Waals surface area contributed by atoms with Crippen LogP contribution in [0.25, 0.3) is 5.82 Å². The highest BCUT2D eigenvalue weighted by molar-refractivity contribution is 5.78. The molecule has 0 unspecified atom stereocenters. The monoisotopic (exact) mass is 392 g/mol. The molecule has 1 aliphatic rings. The Hall–Kier alpha value is -3.42. The van der Waals surface area contributed by atoms with Gasteiger partial charge in [0.2, 0.25) is 0 Å². The number of ether oxygens (including phenoxy) is 1. The Morgan fingerprint density at radius 1 is 1.00 bits per heavy atom. The van der Waals surface area contributed by atoms with Gasteiger partial charge in [-0.15, -0.1) is 0 Å². The lowest BCUT2D eigenvalue weighted by Gasteiger charge is -2.35. The number of rotatable bonds is 5. The first kappa shape index (κ1) is 18.9. The zero-order valence-electron chi connectivity index (χ0n) is 16.7. The third-order valence-electron chi connectivity index (χ3n) is 4.94. The Labute approximate surface area is 169 Å². The second kappa shape index (κ2) is 8.30. The maximum Gasteiger partial charge on any atom is 0.260 e. The first-order chi connectivity index (χ1) is 14.1. The molecular formula is C21H24N6O2. The summed E-state index contributed by atoms with van der Waals surface area (Å²) >= 11 is 0. The van der Waals surface area contributed by atoms with Gasteiger partial charge in [0, 0.05) is 38.4 Å². The molecule has 0 saturated carbocycles. The standard InChI is InChI=1S/C21H24N6O2/c1-16-3-5-18(6-4-16)29-14-21(28)26-11-9-25(10-12-26)19-13-20(23-15-22-19)27-8-7-17(2)24-27/h3-8,13,15H,9-12,14H2,1-2H3. The molecule has 4 rings (SSSR count). The molecule has 29 heavy (non-hydrogen) atoms. The summed E-state index contributed by atoms with van der Waals surface area (Å²) in [6, 6.07) is 11.6. The van der Waals surface area contributed by atoms with Crippen LogP contribution in [-0.2, 0) is 4.79 Å². The lowest BCUT2D eigenvalue weighted by molar-refractivity contribution is -0.133. The van der Waals surface area contributed by atoms with Crippen LogP contribution in [-0.4, -0.2) is 63.3 Å². The molecule has 0 atom stereocenters. The number of aryl methyl sites for hydroxylation is 2. The predicted octanol–water partition coefficient (Wildman–Crippen LogP) is 2.01. The van der Waals surface area contributed by atoms with Crippen LogP contribution in [0, 0.1) is 13.8 Å². The summed E-state index contributed by atoms with van der Waals surface area (Å²) in [6.07, 6.45) is 3.43. The maximum absolute atomic E-state index is 12.5. The summed E-state index contributed by atoms with van der Waals surface area (Å²) in [5.74, 6) is 2.28. The highest BCUT2D eigenvalue weighted by Crippen LogP contribution is 2.16. The van der Waals surface area contributed by atoms with Gasteiger partial charge in [-0.2, -0.15) is 5.10 Å². The van der Waals surface area contributed by atoms with E-state index < -0.39 is 0 Å². The van der Waals surface area contributed by atoms with Gasteiger partial charge in [-0.3, -0.25) is 4.79 Å². The summed E-state index contributed by atoms with van der Waals surface area (Å²) in [4.78, 5) is 25.2. The summed E-state index contributed by atoms with van der Waals surface area (Å²) < 4.78 is 7.36. The van der Waals surface area contributed by atoms with E-state index in [1.165, 1.54) is 0 Å². The third-order valence-corrected chi connectivity index (χ3v) is 4.94. The van der Waals surface area contributed by atoms with Crippen LogP contribution in [0.1, 0.15) is 11.3 Å². The zero-order chi connectivity index (χ0) is 20.2. The Balaban J connectivity index is 1.32. The predicted molar refractivity (Wildman–Crippen MR) is 109 cm³/mol. The molecule has 0 radical (unpaired) electrons. The van der Waals surface area contributed by atoms with Gasteiger partial charge in [0.15, 0.2) is 12.4 Å². The minimum absolute atomic E-state index is 0.000572. The highest BCUT2D eigenvalue weighted by atomic mass is 16.5. The first-order valence-electron chi connectivity index (χ1n) is 9.65. The Morgan fingerprint density at radius 2 is 1.72 bits per heavy atom. The molecule has 1 aromatic carbocycles. The lowest BCUT2D eigenvalue weighted by Crippen LogP contribution is -2.50. The molecule has 1 aliphatic heterocycles. The van der Waals surface area contributed by atoms with Crippen molar-refractivity contribution < 1.29 is 9.53 Å². The fourth-order valence-electron chi connectivity index (χ4n) is 3.23. The molecular weight excluding hydrogens is 368 g/mol. The maximum atomic E-state index is 12.5. The third kappa shape index (κ3) is 4.53. The molecule has 2 aromatic heterocycles. The summed E-state index contributed by atoms with van der Waals surface area (Å²) in [6.45, 7) is 6.71. The summed E-state index contributed by atoms with van der Waals surface area (Å²) in [5, 5.41) is 4.39. The van der Waals surface area contributed by atoms with Crippen molar-refractivity contribution in [2.75, 3.05) is 37.7 Å². The van der Waals surface area contributed by atoms with Crippen molar-refractivity contribution in [2.24, 2.45) is 0 Å². The van der Waals surface area contributed by atoms with Gasteiger partial charge in [0.25, 0.3) is 5.91 Å². The molecule has 1 fully saturated rings. The SMILES string of the molecule is Cc1ccc(OCC(=O)N2CCN(c3cc(-n4ccc(C)n4)ncn3)CC2)cc1. The smallest absolute Gasteiger partial charge is 0.260 e. The fourth-order valence-corrected chi connectivity index (χ4v) is 3.23. The van der Waals surface area contributed by atoms with Gasteiger partial charge >= 0.3 is 0 Å². The molecule has 3 heterocycles. The Kier molecular flexibility index (Phi) is 5.41. The zero-order valence-corrected chi connectivity index (χ0v) is 16.7. The average molecular weight is 392 g/mol. The van der Waals surface area contributed by atoms with Crippen molar-refractivity contribution >= 4 is 11.7 Å². The molecule has 0 bridgehead atoms. The van der Waals surface area contributed by atoms with Gasteiger partial charge in [-0.25, -0.2) is 14.6 Å². The van der Waals surface area contributed by atoms with Gasteiger partial charge < -0.3 is 14.5 Å². The number of nitrogens with zero attached hydrogens (tertiary/aromatic N) is 6. The summed E-state index contributed by atoms with van der Waals surface area (Å²) in [5.41, 5.74) is 2.10. The molecule has 150 valence electrons. The van der Waals surface area contributed by atoms with Crippen LogP contribution in [0.4, 0.5) is 5.82 Å². The van der Waals surface area contributed by atoms with E-state index in [4.69, 9.17) is 4.74 Å². The molecule has 8 heteroatoms. The van der Waals surface area contributed by atoms with Crippen molar-refractivity contribution in [1.29, 1.82) is 0 Å². The number of hydrogen-bond donors (Lipinski definition) is 0. The molecule has 0 spiro atoms. The van der Waals surface area contributed by atoms with E-state index in [1.807, 2.05) is 61.3 Å². The second-order valence-electron chi connectivity index (χ2n) is 7.11. The van der Waals surface area contributed by atoms with Crippen molar-refractivity contribution in [3.63, 3.8) is 0 Å². The highest BCUT2D eigenvalue weighted by Gasteiger charge is 2.22. The number of anilines is 1. The van der Waals surface area contributed by atoms with Gasteiger partial charge in [-0.05, 0) is 32.0 Å². The van der Waals surface area contributed by atoms with Crippen molar-refractivity contribution in [3.8, 4) is 11.6 Å². The van der Waals surface area contributed by atoms with E-state index in [0.29, 0.717) is 31.9 Å². The molecule has 1 amide bonds. The molecule has 0 aliphatic carbocycles. The molecule has 3 aromatic rings. The van der Waals surface area contributed by atoms with Crippen molar-refractivity contribution in [3.05, 3.63) is 60.2 Å². The minimum atomic E-state index is 0.000572. The van der Waals surface area contributed by atoms with E-state index in [0.717, 1.165) is 22.9 Å². The minimum Gasteiger partial charge on any atom is -0.484 e. The van der Waals surface area contributed by atoms with Crippen molar-refractivity contribution in [2.45, 2.75) is 13.8 Å². The van der Waals surface area contributed by atoms with Gasteiger partial charge in [-0.1, -0.05) is 17.7 Å². The average Bonchev–Trinajstić information content (AvgIpc) is 3.20. The van der Waals surface area contributed by atoms with Crippen LogP contribution >= 0.6 is 0 Å². The van der Waals surface area contributed by atoms with Crippen LogP contribution in [0.5, 0.6) is 5.75 Å². The fraction of sp³-hybridized carbons (Fsp3) is 0.333. The Bertz CT molecular complexity index is 977. The second-order valence-corrected chi connectivity index (χ2v) is 7.11. The number of piperazine rings is 1. The Morgan fingerprint density at radius 3 is 2.41 bits per heavy atom. The number of benzene rings is 1. The topological polar surface area (TPSA) is 76.4 Å². The van der Waals surface area contributed by atoms with E-state index in [-0.39, 0.29) is 12.5 Å². The van der Waals surface area contributed by atoms with Crippen LogP contribution in [0.3, 0.4) is 0 Å². The number of carbonyl (C=O) groups is 1. The van der Waals surface area contributed by atoms with E-state index >= 15 is 0 Å².